The third-order valence-electron chi connectivity index (χ3n) is 2.96. The zero-order chi connectivity index (χ0) is 13.1. The van der Waals surface area contributed by atoms with Crippen molar-refractivity contribution in [2.45, 2.75) is 26.7 Å². The number of rotatable bonds is 3. The molecule has 18 heavy (non-hydrogen) atoms. The molecular weight excluding hydrogens is 229 g/mol. The van der Waals surface area contributed by atoms with E-state index in [-0.39, 0.29) is 11.4 Å². The van der Waals surface area contributed by atoms with Gasteiger partial charge in [-0.2, -0.15) is 0 Å². The molecule has 0 spiro atoms. The maximum Gasteiger partial charge on any atom is 0.258 e. The Hall–Kier alpha value is -1.90. The summed E-state index contributed by atoms with van der Waals surface area (Å²) in [6.07, 6.45) is 1.70. The van der Waals surface area contributed by atoms with Crippen LogP contribution in [0.4, 0.5) is 4.39 Å². The fourth-order valence-electron chi connectivity index (χ4n) is 2.04. The van der Waals surface area contributed by atoms with Gasteiger partial charge in [-0.25, -0.2) is 4.39 Å². The summed E-state index contributed by atoms with van der Waals surface area (Å²) in [5.41, 5.74) is 2.35. The lowest BCUT2D eigenvalue weighted by Crippen LogP contribution is -2.23. The number of hydrogen-bond donors (Lipinski definition) is 0. The lowest BCUT2D eigenvalue weighted by atomic mass is 10.1. The standard InChI is InChI=1S/C15H16FNO/c1-3-4-12-6-5-11(2)17(15(12)18)14-9-7-13(16)8-10-14/h5-10H,3-4H2,1-2H3. The second-order valence-electron chi connectivity index (χ2n) is 4.37. The minimum atomic E-state index is -0.297. The summed E-state index contributed by atoms with van der Waals surface area (Å²) in [4.78, 5) is 12.3. The summed E-state index contributed by atoms with van der Waals surface area (Å²) in [7, 11) is 0. The highest BCUT2D eigenvalue weighted by molar-refractivity contribution is 5.35. The van der Waals surface area contributed by atoms with Crippen molar-refractivity contribution in [3.63, 3.8) is 0 Å². The van der Waals surface area contributed by atoms with Crippen LogP contribution < -0.4 is 5.56 Å². The topological polar surface area (TPSA) is 22.0 Å². The van der Waals surface area contributed by atoms with E-state index < -0.39 is 0 Å². The molecule has 94 valence electrons. The average molecular weight is 245 g/mol. The van der Waals surface area contributed by atoms with Crippen molar-refractivity contribution in [1.29, 1.82) is 0 Å². The summed E-state index contributed by atoms with van der Waals surface area (Å²) < 4.78 is 14.5. The van der Waals surface area contributed by atoms with Crippen LogP contribution in [0.15, 0.2) is 41.2 Å². The molecule has 3 heteroatoms. The normalized spacial score (nSPS) is 10.6. The number of aryl methyl sites for hydroxylation is 2. The molecule has 0 bridgehead atoms. The van der Waals surface area contributed by atoms with Gasteiger partial charge >= 0.3 is 0 Å². The Morgan fingerprint density at radius 2 is 1.78 bits per heavy atom. The van der Waals surface area contributed by atoms with Crippen molar-refractivity contribution in [2.24, 2.45) is 0 Å². The average Bonchev–Trinajstić information content (AvgIpc) is 2.35. The van der Waals surface area contributed by atoms with Crippen LogP contribution in [0.1, 0.15) is 24.6 Å². The molecular formula is C15H16FNO. The first kappa shape index (κ1) is 12.6. The number of aromatic nitrogens is 1. The molecule has 0 radical (unpaired) electrons. The Balaban J connectivity index is 2.59. The molecule has 0 aliphatic heterocycles. The maximum atomic E-state index is 12.9. The van der Waals surface area contributed by atoms with Gasteiger partial charge in [-0.3, -0.25) is 9.36 Å². The van der Waals surface area contributed by atoms with E-state index in [2.05, 4.69) is 0 Å². The van der Waals surface area contributed by atoms with Crippen LogP contribution in [-0.4, -0.2) is 4.57 Å². The minimum absolute atomic E-state index is 0.0107. The number of benzene rings is 1. The predicted molar refractivity (Wildman–Crippen MR) is 70.7 cm³/mol. The smallest absolute Gasteiger partial charge is 0.258 e. The summed E-state index contributed by atoms with van der Waals surface area (Å²) in [5, 5.41) is 0. The van der Waals surface area contributed by atoms with E-state index >= 15 is 0 Å². The van der Waals surface area contributed by atoms with E-state index in [0.29, 0.717) is 5.69 Å². The number of nitrogens with zero attached hydrogens (tertiary/aromatic N) is 1. The first-order chi connectivity index (χ1) is 8.63. The lowest BCUT2D eigenvalue weighted by Gasteiger charge is -2.11. The van der Waals surface area contributed by atoms with Crippen molar-refractivity contribution < 1.29 is 4.39 Å². The van der Waals surface area contributed by atoms with Gasteiger partial charge in [0.25, 0.3) is 5.56 Å². The minimum Gasteiger partial charge on any atom is -0.281 e. The van der Waals surface area contributed by atoms with Gasteiger partial charge in [0.1, 0.15) is 5.82 Å². The van der Waals surface area contributed by atoms with Gasteiger partial charge in [-0.1, -0.05) is 19.4 Å². The molecule has 0 atom stereocenters. The monoisotopic (exact) mass is 245 g/mol. The van der Waals surface area contributed by atoms with Gasteiger partial charge in [0.05, 0.1) is 0 Å². The third kappa shape index (κ3) is 2.35. The molecule has 1 aromatic carbocycles. The summed E-state index contributed by atoms with van der Waals surface area (Å²) in [6, 6.07) is 9.79. The quantitative estimate of drug-likeness (QED) is 0.813. The van der Waals surface area contributed by atoms with Crippen molar-refractivity contribution in [3.05, 3.63) is 63.8 Å². The van der Waals surface area contributed by atoms with E-state index in [0.717, 1.165) is 24.1 Å². The molecule has 2 nitrogen and oxygen atoms in total. The van der Waals surface area contributed by atoms with Crippen LogP contribution in [0.25, 0.3) is 5.69 Å². The van der Waals surface area contributed by atoms with Crippen molar-refractivity contribution in [1.82, 2.24) is 4.57 Å². The Labute approximate surface area is 106 Å². The van der Waals surface area contributed by atoms with Crippen LogP contribution in [-0.2, 0) is 6.42 Å². The second-order valence-corrected chi connectivity index (χ2v) is 4.37. The molecule has 0 aliphatic rings. The molecule has 0 saturated carbocycles. The fourth-order valence-corrected chi connectivity index (χ4v) is 2.04. The van der Waals surface area contributed by atoms with Crippen LogP contribution >= 0.6 is 0 Å². The Bertz CT molecular complexity index is 599. The summed E-state index contributed by atoms with van der Waals surface area (Å²) in [6.45, 7) is 3.92. The molecule has 0 aliphatic carbocycles. The molecule has 0 unspecified atom stereocenters. The largest absolute Gasteiger partial charge is 0.281 e. The zero-order valence-corrected chi connectivity index (χ0v) is 10.6. The van der Waals surface area contributed by atoms with E-state index in [1.54, 1.807) is 16.7 Å². The highest BCUT2D eigenvalue weighted by Crippen LogP contribution is 2.11. The van der Waals surface area contributed by atoms with Crippen LogP contribution in [0.5, 0.6) is 0 Å². The first-order valence-corrected chi connectivity index (χ1v) is 6.11. The van der Waals surface area contributed by atoms with E-state index in [1.165, 1.54) is 12.1 Å². The van der Waals surface area contributed by atoms with Gasteiger partial charge in [0.2, 0.25) is 0 Å². The first-order valence-electron chi connectivity index (χ1n) is 6.11. The van der Waals surface area contributed by atoms with E-state index in [9.17, 15) is 9.18 Å². The molecule has 0 saturated heterocycles. The summed E-state index contributed by atoms with van der Waals surface area (Å²) in [5.74, 6) is -0.297. The SMILES string of the molecule is CCCc1ccc(C)n(-c2ccc(F)cc2)c1=O. The van der Waals surface area contributed by atoms with Crippen LogP contribution in [0.3, 0.4) is 0 Å². The molecule has 2 aromatic rings. The van der Waals surface area contributed by atoms with Gasteiger partial charge in [0, 0.05) is 16.9 Å². The van der Waals surface area contributed by atoms with Gasteiger partial charge in [0.15, 0.2) is 0 Å². The number of pyridine rings is 1. The fraction of sp³-hybridized carbons (Fsp3) is 0.267. The molecule has 0 fully saturated rings. The molecule has 2 rings (SSSR count). The van der Waals surface area contributed by atoms with Gasteiger partial charge < -0.3 is 0 Å². The molecule has 1 heterocycles. The maximum absolute atomic E-state index is 12.9. The molecule has 0 N–H and O–H groups in total. The van der Waals surface area contributed by atoms with Crippen molar-refractivity contribution in [3.8, 4) is 5.69 Å². The molecule has 0 amide bonds. The van der Waals surface area contributed by atoms with E-state index in [1.807, 2.05) is 26.0 Å². The highest BCUT2D eigenvalue weighted by Gasteiger charge is 2.07. The third-order valence-corrected chi connectivity index (χ3v) is 2.96. The zero-order valence-electron chi connectivity index (χ0n) is 10.6. The highest BCUT2D eigenvalue weighted by atomic mass is 19.1. The molecule has 1 aromatic heterocycles. The van der Waals surface area contributed by atoms with Gasteiger partial charge in [-0.15, -0.1) is 0 Å². The Morgan fingerprint density at radius 1 is 1.11 bits per heavy atom. The Kier molecular flexibility index (Phi) is 3.60. The van der Waals surface area contributed by atoms with Crippen LogP contribution in [0, 0.1) is 12.7 Å². The Morgan fingerprint density at radius 3 is 2.39 bits per heavy atom. The summed E-state index contributed by atoms with van der Waals surface area (Å²) >= 11 is 0. The predicted octanol–water partition coefficient (Wildman–Crippen LogP) is 3.24. The van der Waals surface area contributed by atoms with Gasteiger partial charge in [-0.05, 0) is 43.7 Å². The second kappa shape index (κ2) is 5.17. The van der Waals surface area contributed by atoms with Crippen LogP contribution in [0.2, 0.25) is 0 Å². The number of halogens is 1. The van der Waals surface area contributed by atoms with E-state index in [4.69, 9.17) is 0 Å². The van der Waals surface area contributed by atoms with Crippen molar-refractivity contribution >= 4 is 0 Å². The number of hydrogen-bond acceptors (Lipinski definition) is 1. The van der Waals surface area contributed by atoms with Crippen molar-refractivity contribution in [2.75, 3.05) is 0 Å². The lowest BCUT2D eigenvalue weighted by molar-refractivity contribution is 0.627.